The van der Waals surface area contributed by atoms with Crippen molar-refractivity contribution >= 4 is 16.6 Å². The summed E-state index contributed by atoms with van der Waals surface area (Å²) in [4.78, 5) is 0. The third kappa shape index (κ3) is 3.79. The van der Waals surface area contributed by atoms with Gasteiger partial charge in [-0.15, -0.1) is 0 Å². The molecule has 0 aliphatic carbocycles. The highest BCUT2D eigenvalue weighted by atomic mass is 16.5. The van der Waals surface area contributed by atoms with Crippen molar-refractivity contribution < 1.29 is 9.47 Å². The van der Waals surface area contributed by atoms with E-state index in [2.05, 4.69) is 16.8 Å². The summed E-state index contributed by atoms with van der Waals surface area (Å²) < 4.78 is 12.8. The van der Waals surface area contributed by atoms with E-state index in [1.807, 2.05) is 66.7 Å². The van der Waals surface area contributed by atoms with Gasteiger partial charge < -0.3 is 19.8 Å². The van der Waals surface area contributed by atoms with Gasteiger partial charge >= 0.3 is 0 Å². The number of fused-ring (bicyclic) bond motifs is 1. The molecule has 2 N–H and O–H groups in total. The van der Waals surface area contributed by atoms with Gasteiger partial charge in [-0.2, -0.15) is 5.26 Å². The Bertz CT molecular complexity index is 1190. The minimum Gasteiger partial charge on any atom is -0.491 e. The first-order chi connectivity index (χ1) is 14.2. The zero-order valence-electron chi connectivity index (χ0n) is 16.1. The molecule has 144 valence electrons. The third-order valence-corrected chi connectivity index (χ3v) is 4.80. The normalized spacial score (nSPS) is 10.8. The Morgan fingerprint density at radius 3 is 2.55 bits per heavy atom. The Labute approximate surface area is 169 Å². The number of nitrogen functional groups attached to an aromatic ring is 1. The number of ether oxygens (including phenoxy) is 2. The Morgan fingerprint density at radius 2 is 1.83 bits per heavy atom. The summed E-state index contributed by atoms with van der Waals surface area (Å²) in [5.74, 6) is 0.796. The summed E-state index contributed by atoms with van der Waals surface area (Å²) in [5.41, 5.74) is 11.4. The summed E-state index contributed by atoms with van der Waals surface area (Å²) in [6.45, 7) is 1.06. The number of benzene rings is 3. The SMILES string of the molecule is COCCOc1ccc(-n2cc(-c3cccc(N)c3)c3cc(C#N)ccc32)cc1. The maximum atomic E-state index is 9.35. The van der Waals surface area contributed by atoms with Gasteiger partial charge in [-0.05, 0) is 60.2 Å². The molecule has 0 saturated heterocycles. The van der Waals surface area contributed by atoms with Crippen LogP contribution in [0.4, 0.5) is 5.69 Å². The number of nitrogens with two attached hydrogens (primary N) is 1. The predicted octanol–water partition coefficient (Wildman–Crippen LogP) is 4.78. The van der Waals surface area contributed by atoms with Crippen LogP contribution >= 0.6 is 0 Å². The van der Waals surface area contributed by atoms with Crippen molar-refractivity contribution in [3.63, 3.8) is 0 Å². The predicted molar refractivity (Wildman–Crippen MR) is 115 cm³/mol. The molecule has 5 heteroatoms. The van der Waals surface area contributed by atoms with Gasteiger partial charge in [0.25, 0.3) is 0 Å². The number of methoxy groups -OCH3 is 1. The van der Waals surface area contributed by atoms with E-state index in [1.165, 1.54) is 0 Å². The molecule has 0 bridgehead atoms. The van der Waals surface area contributed by atoms with Gasteiger partial charge in [-0.25, -0.2) is 0 Å². The first-order valence-electron chi connectivity index (χ1n) is 9.33. The lowest BCUT2D eigenvalue weighted by molar-refractivity contribution is 0.146. The fraction of sp³-hybridized carbons (Fsp3) is 0.125. The smallest absolute Gasteiger partial charge is 0.119 e. The fourth-order valence-corrected chi connectivity index (χ4v) is 3.40. The number of nitriles is 1. The molecule has 0 atom stereocenters. The lowest BCUT2D eigenvalue weighted by Crippen LogP contribution is -2.04. The maximum absolute atomic E-state index is 9.35. The average molecular weight is 383 g/mol. The first-order valence-corrected chi connectivity index (χ1v) is 9.33. The van der Waals surface area contributed by atoms with E-state index in [4.69, 9.17) is 15.2 Å². The van der Waals surface area contributed by atoms with Crippen molar-refractivity contribution in [3.05, 3.63) is 78.5 Å². The summed E-state index contributed by atoms with van der Waals surface area (Å²) in [6, 6.07) is 23.7. The molecule has 29 heavy (non-hydrogen) atoms. The molecule has 5 nitrogen and oxygen atoms in total. The quantitative estimate of drug-likeness (QED) is 0.384. The average Bonchev–Trinajstić information content (AvgIpc) is 3.13. The van der Waals surface area contributed by atoms with Gasteiger partial charge in [0.05, 0.1) is 23.8 Å². The van der Waals surface area contributed by atoms with Crippen LogP contribution in [0.1, 0.15) is 5.56 Å². The highest BCUT2D eigenvalue weighted by Crippen LogP contribution is 2.34. The van der Waals surface area contributed by atoms with Crippen LogP contribution in [-0.2, 0) is 4.74 Å². The topological polar surface area (TPSA) is 73.2 Å². The number of aromatic nitrogens is 1. The van der Waals surface area contributed by atoms with Crippen molar-refractivity contribution in [1.82, 2.24) is 4.57 Å². The number of hydrogen-bond acceptors (Lipinski definition) is 4. The lowest BCUT2D eigenvalue weighted by atomic mass is 10.0. The zero-order valence-corrected chi connectivity index (χ0v) is 16.1. The van der Waals surface area contributed by atoms with E-state index in [1.54, 1.807) is 7.11 Å². The van der Waals surface area contributed by atoms with Crippen LogP contribution in [0.15, 0.2) is 72.9 Å². The van der Waals surface area contributed by atoms with Gasteiger partial charge in [-0.3, -0.25) is 0 Å². The van der Waals surface area contributed by atoms with Gasteiger partial charge in [0, 0.05) is 35.6 Å². The molecule has 4 aromatic rings. The maximum Gasteiger partial charge on any atom is 0.119 e. The number of rotatable bonds is 6. The van der Waals surface area contributed by atoms with Crippen LogP contribution in [0.2, 0.25) is 0 Å². The second-order valence-electron chi connectivity index (χ2n) is 6.72. The van der Waals surface area contributed by atoms with Crippen LogP contribution < -0.4 is 10.5 Å². The molecular weight excluding hydrogens is 362 g/mol. The molecule has 3 aromatic carbocycles. The van der Waals surface area contributed by atoms with Crippen LogP contribution in [-0.4, -0.2) is 24.9 Å². The second kappa shape index (κ2) is 8.09. The molecule has 0 amide bonds. The standard InChI is InChI=1S/C24H21N3O2/c1-28-11-12-29-21-8-6-20(7-9-21)27-16-23(18-3-2-4-19(26)14-18)22-13-17(15-25)5-10-24(22)27/h2-10,13-14,16H,11-12,26H2,1H3. The molecular formula is C24H21N3O2. The molecule has 0 aliphatic rings. The molecule has 4 rings (SSSR count). The second-order valence-corrected chi connectivity index (χ2v) is 6.72. The molecule has 1 aromatic heterocycles. The van der Waals surface area contributed by atoms with E-state index in [0.717, 1.165) is 33.5 Å². The molecule has 0 aliphatic heterocycles. The summed E-state index contributed by atoms with van der Waals surface area (Å²) in [7, 11) is 1.65. The Hall–Kier alpha value is -3.75. The molecule has 0 fully saturated rings. The van der Waals surface area contributed by atoms with Gasteiger partial charge in [0.15, 0.2) is 0 Å². The summed E-state index contributed by atoms with van der Waals surface area (Å²) in [6.07, 6.45) is 2.08. The summed E-state index contributed by atoms with van der Waals surface area (Å²) >= 11 is 0. The largest absolute Gasteiger partial charge is 0.491 e. The third-order valence-electron chi connectivity index (χ3n) is 4.80. The monoisotopic (exact) mass is 383 g/mol. The van der Waals surface area contributed by atoms with Gasteiger partial charge in [-0.1, -0.05) is 12.1 Å². The van der Waals surface area contributed by atoms with Gasteiger partial charge in [0.2, 0.25) is 0 Å². The highest BCUT2D eigenvalue weighted by molar-refractivity contribution is 5.98. The van der Waals surface area contributed by atoms with Crippen molar-refractivity contribution in [2.75, 3.05) is 26.1 Å². The number of nitrogens with zero attached hydrogens (tertiary/aromatic N) is 2. The van der Waals surface area contributed by atoms with Crippen molar-refractivity contribution in [2.45, 2.75) is 0 Å². The molecule has 0 saturated carbocycles. The van der Waals surface area contributed by atoms with Crippen molar-refractivity contribution in [1.29, 1.82) is 5.26 Å². The minimum absolute atomic E-state index is 0.513. The summed E-state index contributed by atoms with van der Waals surface area (Å²) in [5, 5.41) is 10.4. The number of hydrogen-bond donors (Lipinski definition) is 1. The van der Waals surface area contributed by atoms with Crippen LogP contribution in [0, 0.1) is 11.3 Å². The van der Waals surface area contributed by atoms with E-state index in [0.29, 0.717) is 24.5 Å². The Kier molecular flexibility index (Phi) is 5.19. The van der Waals surface area contributed by atoms with Crippen LogP contribution in [0.5, 0.6) is 5.75 Å². The van der Waals surface area contributed by atoms with Gasteiger partial charge in [0.1, 0.15) is 12.4 Å². The molecule has 0 spiro atoms. The molecule has 0 unspecified atom stereocenters. The Balaban J connectivity index is 1.80. The minimum atomic E-state index is 0.513. The van der Waals surface area contributed by atoms with Crippen LogP contribution in [0.3, 0.4) is 0 Å². The lowest BCUT2D eigenvalue weighted by Gasteiger charge is -2.08. The molecule has 1 heterocycles. The van der Waals surface area contributed by atoms with Crippen molar-refractivity contribution in [2.24, 2.45) is 0 Å². The fourth-order valence-electron chi connectivity index (χ4n) is 3.40. The Morgan fingerprint density at radius 1 is 1.00 bits per heavy atom. The first kappa shape index (κ1) is 18.6. The zero-order chi connectivity index (χ0) is 20.2. The highest BCUT2D eigenvalue weighted by Gasteiger charge is 2.13. The van der Waals surface area contributed by atoms with E-state index in [9.17, 15) is 5.26 Å². The van der Waals surface area contributed by atoms with Crippen LogP contribution in [0.25, 0.3) is 27.7 Å². The van der Waals surface area contributed by atoms with Crippen molar-refractivity contribution in [3.8, 4) is 28.6 Å². The van der Waals surface area contributed by atoms with E-state index in [-0.39, 0.29) is 0 Å². The van der Waals surface area contributed by atoms with E-state index < -0.39 is 0 Å². The molecule has 0 radical (unpaired) electrons. The van der Waals surface area contributed by atoms with E-state index >= 15 is 0 Å². The number of anilines is 1.